The molecule has 2 aliphatic heterocycles. The van der Waals surface area contributed by atoms with Gasteiger partial charge in [-0.15, -0.1) is 0 Å². The molecule has 1 fully saturated rings. The quantitative estimate of drug-likeness (QED) is 0.766. The molecular formula is C16H23N3O5S. The Bertz CT molecular complexity index is 729. The second-order valence-electron chi connectivity index (χ2n) is 5.97. The van der Waals surface area contributed by atoms with Gasteiger partial charge in [-0.3, -0.25) is 4.79 Å². The molecule has 0 spiro atoms. The number of hydrogen-bond donors (Lipinski definition) is 1. The van der Waals surface area contributed by atoms with E-state index < -0.39 is 10.0 Å². The van der Waals surface area contributed by atoms with E-state index in [4.69, 9.17) is 9.47 Å². The maximum absolute atomic E-state index is 12.4. The number of nitrogens with zero attached hydrogens (tertiary/aromatic N) is 2. The van der Waals surface area contributed by atoms with Crippen molar-refractivity contribution in [1.82, 2.24) is 14.5 Å². The Morgan fingerprint density at radius 1 is 1.16 bits per heavy atom. The van der Waals surface area contributed by atoms with E-state index in [-0.39, 0.29) is 25.0 Å². The molecule has 0 saturated carbocycles. The summed E-state index contributed by atoms with van der Waals surface area (Å²) in [4.78, 5) is 14.4. The van der Waals surface area contributed by atoms with Crippen LogP contribution in [0.25, 0.3) is 0 Å². The maximum Gasteiger partial charge on any atom is 0.251 e. The summed E-state index contributed by atoms with van der Waals surface area (Å²) < 4.78 is 36.7. The number of rotatable bonds is 6. The summed E-state index contributed by atoms with van der Waals surface area (Å²) in [6.45, 7) is 5.72. The van der Waals surface area contributed by atoms with Gasteiger partial charge in [0.2, 0.25) is 16.8 Å². The van der Waals surface area contributed by atoms with Crippen molar-refractivity contribution in [2.75, 3.05) is 51.8 Å². The van der Waals surface area contributed by atoms with Crippen LogP contribution in [0, 0.1) is 0 Å². The molecule has 9 heteroatoms. The summed E-state index contributed by atoms with van der Waals surface area (Å²) >= 11 is 0. The Balaban J connectivity index is 1.49. The first-order valence-corrected chi connectivity index (χ1v) is 9.98. The van der Waals surface area contributed by atoms with Crippen LogP contribution < -0.4 is 14.8 Å². The third-order valence-electron chi connectivity index (χ3n) is 4.45. The van der Waals surface area contributed by atoms with Gasteiger partial charge in [0.25, 0.3) is 5.91 Å². The van der Waals surface area contributed by atoms with Gasteiger partial charge in [-0.05, 0) is 24.7 Å². The van der Waals surface area contributed by atoms with Crippen molar-refractivity contribution in [3.8, 4) is 11.5 Å². The minimum absolute atomic E-state index is 0.0730. The van der Waals surface area contributed by atoms with Gasteiger partial charge >= 0.3 is 0 Å². The molecule has 1 amide bonds. The first kappa shape index (κ1) is 18.0. The number of carbonyl (C=O) groups excluding carboxylic acids is 1. The number of benzene rings is 1. The van der Waals surface area contributed by atoms with Crippen molar-refractivity contribution in [2.24, 2.45) is 0 Å². The number of carbonyl (C=O) groups is 1. The molecule has 138 valence electrons. The van der Waals surface area contributed by atoms with Crippen LogP contribution in [-0.4, -0.2) is 75.3 Å². The Morgan fingerprint density at radius 2 is 1.88 bits per heavy atom. The molecule has 1 saturated heterocycles. The number of hydrogen-bond acceptors (Lipinski definition) is 6. The number of sulfonamides is 1. The summed E-state index contributed by atoms with van der Waals surface area (Å²) in [7, 11) is -3.36. The number of fused-ring (bicyclic) bond motifs is 1. The Morgan fingerprint density at radius 3 is 2.60 bits per heavy atom. The normalized spacial score (nSPS) is 18.3. The summed E-state index contributed by atoms with van der Waals surface area (Å²) in [5.41, 5.74) is 0.415. The van der Waals surface area contributed by atoms with E-state index in [1.807, 2.05) is 0 Å². The van der Waals surface area contributed by atoms with E-state index in [0.29, 0.717) is 30.2 Å². The zero-order valence-corrected chi connectivity index (χ0v) is 15.0. The summed E-state index contributed by atoms with van der Waals surface area (Å²) in [5, 5.41) is 2.65. The van der Waals surface area contributed by atoms with Crippen molar-refractivity contribution < 1.29 is 22.7 Å². The van der Waals surface area contributed by atoms with Crippen LogP contribution in [0.4, 0.5) is 0 Å². The number of piperazine rings is 1. The minimum atomic E-state index is -3.36. The third kappa shape index (κ3) is 4.23. The Kier molecular flexibility index (Phi) is 5.45. The molecule has 1 N–H and O–H groups in total. The Labute approximate surface area is 147 Å². The molecule has 25 heavy (non-hydrogen) atoms. The van der Waals surface area contributed by atoms with Gasteiger partial charge in [0.15, 0.2) is 11.5 Å². The first-order chi connectivity index (χ1) is 12.0. The summed E-state index contributed by atoms with van der Waals surface area (Å²) in [5.74, 6) is 0.693. The van der Waals surface area contributed by atoms with Crippen LogP contribution in [0.2, 0.25) is 0 Å². The van der Waals surface area contributed by atoms with E-state index in [0.717, 1.165) is 19.6 Å². The van der Waals surface area contributed by atoms with Gasteiger partial charge in [0.05, 0.1) is 5.75 Å². The molecule has 2 aliphatic rings. The van der Waals surface area contributed by atoms with Crippen molar-refractivity contribution in [1.29, 1.82) is 0 Å². The molecule has 8 nitrogen and oxygen atoms in total. The van der Waals surface area contributed by atoms with Gasteiger partial charge in [0, 0.05) is 38.3 Å². The van der Waals surface area contributed by atoms with E-state index in [2.05, 4.69) is 17.1 Å². The monoisotopic (exact) mass is 369 g/mol. The van der Waals surface area contributed by atoms with Crippen molar-refractivity contribution in [2.45, 2.75) is 6.92 Å². The smallest absolute Gasteiger partial charge is 0.251 e. The van der Waals surface area contributed by atoms with Crippen LogP contribution in [0.5, 0.6) is 11.5 Å². The van der Waals surface area contributed by atoms with Crippen molar-refractivity contribution in [3.05, 3.63) is 23.8 Å². The molecular weight excluding hydrogens is 346 g/mol. The van der Waals surface area contributed by atoms with E-state index in [9.17, 15) is 13.2 Å². The average molecular weight is 369 g/mol. The summed E-state index contributed by atoms with van der Waals surface area (Å²) in [6.07, 6.45) is 0. The Hall–Kier alpha value is -1.84. The summed E-state index contributed by atoms with van der Waals surface area (Å²) in [6, 6.07) is 4.89. The molecule has 0 radical (unpaired) electrons. The van der Waals surface area contributed by atoms with Gasteiger partial charge in [-0.1, -0.05) is 6.92 Å². The van der Waals surface area contributed by atoms with Gasteiger partial charge in [-0.25, -0.2) is 8.42 Å². The number of nitrogens with one attached hydrogen (secondary N) is 1. The largest absolute Gasteiger partial charge is 0.454 e. The van der Waals surface area contributed by atoms with Gasteiger partial charge in [0.1, 0.15) is 0 Å². The topological polar surface area (TPSA) is 88.2 Å². The first-order valence-electron chi connectivity index (χ1n) is 8.37. The zero-order valence-electron chi connectivity index (χ0n) is 14.2. The van der Waals surface area contributed by atoms with Crippen LogP contribution >= 0.6 is 0 Å². The fourth-order valence-electron chi connectivity index (χ4n) is 2.89. The lowest BCUT2D eigenvalue weighted by Gasteiger charge is -2.33. The lowest BCUT2D eigenvalue weighted by molar-refractivity contribution is 0.0955. The highest BCUT2D eigenvalue weighted by molar-refractivity contribution is 7.89. The van der Waals surface area contributed by atoms with Crippen LogP contribution in [0.15, 0.2) is 18.2 Å². The minimum Gasteiger partial charge on any atom is -0.454 e. The number of ether oxygens (including phenoxy) is 2. The second kappa shape index (κ2) is 7.59. The molecule has 0 aliphatic carbocycles. The molecule has 1 aromatic carbocycles. The average Bonchev–Trinajstić information content (AvgIpc) is 3.09. The molecule has 0 bridgehead atoms. The number of likely N-dealkylation sites (N-methyl/N-ethyl adjacent to an activating group) is 1. The highest BCUT2D eigenvalue weighted by Crippen LogP contribution is 2.32. The van der Waals surface area contributed by atoms with Crippen molar-refractivity contribution >= 4 is 15.9 Å². The van der Waals surface area contributed by atoms with E-state index in [1.54, 1.807) is 18.2 Å². The standard InChI is InChI=1S/C16H23N3O5S/c1-2-18-6-8-19(9-7-18)25(21,22)10-5-17-16(20)13-3-4-14-15(11-13)24-12-23-14/h3-4,11H,2,5-10,12H2,1H3,(H,17,20). The molecule has 2 heterocycles. The van der Waals surface area contributed by atoms with Crippen LogP contribution in [-0.2, 0) is 10.0 Å². The predicted molar refractivity (Wildman–Crippen MR) is 92.4 cm³/mol. The van der Waals surface area contributed by atoms with Crippen LogP contribution in [0.1, 0.15) is 17.3 Å². The number of amides is 1. The fraction of sp³-hybridized carbons (Fsp3) is 0.562. The highest BCUT2D eigenvalue weighted by atomic mass is 32.2. The van der Waals surface area contributed by atoms with Gasteiger partial charge in [-0.2, -0.15) is 4.31 Å². The SMILES string of the molecule is CCN1CCN(S(=O)(=O)CCNC(=O)c2ccc3c(c2)OCO3)CC1. The second-order valence-corrected chi connectivity index (χ2v) is 8.06. The van der Waals surface area contributed by atoms with Crippen molar-refractivity contribution in [3.63, 3.8) is 0 Å². The zero-order chi connectivity index (χ0) is 17.9. The lowest BCUT2D eigenvalue weighted by atomic mass is 10.2. The van der Waals surface area contributed by atoms with E-state index in [1.165, 1.54) is 4.31 Å². The highest BCUT2D eigenvalue weighted by Gasteiger charge is 2.26. The van der Waals surface area contributed by atoms with Gasteiger partial charge < -0.3 is 19.7 Å². The van der Waals surface area contributed by atoms with Crippen LogP contribution in [0.3, 0.4) is 0 Å². The lowest BCUT2D eigenvalue weighted by Crippen LogP contribution is -2.49. The predicted octanol–water partition coefficient (Wildman–Crippen LogP) is 0.112. The third-order valence-corrected chi connectivity index (χ3v) is 6.32. The molecule has 3 rings (SSSR count). The maximum atomic E-state index is 12.4. The molecule has 0 atom stereocenters. The molecule has 1 aromatic rings. The molecule has 0 aromatic heterocycles. The molecule has 0 unspecified atom stereocenters. The fourth-order valence-corrected chi connectivity index (χ4v) is 4.22. The van der Waals surface area contributed by atoms with E-state index >= 15 is 0 Å².